The number of carbonyl (C=O) groups excluding carboxylic acids is 1. The van der Waals surface area contributed by atoms with Crippen molar-refractivity contribution in [2.45, 2.75) is 12.3 Å². The van der Waals surface area contributed by atoms with Crippen molar-refractivity contribution in [3.05, 3.63) is 71.0 Å². The van der Waals surface area contributed by atoms with Gasteiger partial charge in [0.25, 0.3) is 5.91 Å². The normalized spacial score (nSPS) is 11.2. The predicted octanol–water partition coefficient (Wildman–Crippen LogP) is 1.80. The fraction of sp³-hybridized carbons (Fsp3) is 0.188. The van der Waals surface area contributed by atoms with Gasteiger partial charge in [-0.15, -0.1) is 0 Å². The molecule has 2 aromatic carbocycles. The molecule has 7 heteroatoms. The van der Waals surface area contributed by atoms with E-state index in [9.17, 15) is 17.6 Å². The Morgan fingerprint density at radius 1 is 1.09 bits per heavy atom. The first-order valence-corrected chi connectivity index (χ1v) is 8.57. The quantitative estimate of drug-likeness (QED) is 0.845. The highest BCUT2D eigenvalue weighted by atomic mass is 32.2. The Morgan fingerprint density at radius 3 is 2.48 bits per heavy atom. The van der Waals surface area contributed by atoms with Crippen molar-refractivity contribution < 1.29 is 17.6 Å². The maximum absolute atomic E-state index is 13.1. The summed E-state index contributed by atoms with van der Waals surface area (Å²) in [6, 6.07) is 12.3. The molecule has 0 bridgehead atoms. The predicted molar refractivity (Wildman–Crippen MR) is 85.7 cm³/mol. The van der Waals surface area contributed by atoms with Crippen LogP contribution in [0.4, 0.5) is 4.39 Å². The number of halogens is 1. The van der Waals surface area contributed by atoms with E-state index in [-0.39, 0.29) is 17.9 Å². The van der Waals surface area contributed by atoms with Crippen LogP contribution in [-0.4, -0.2) is 21.4 Å². The van der Waals surface area contributed by atoms with E-state index in [1.54, 1.807) is 24.3 Å². The van der Waals surface area contributed by atoms with Gasteiger partial charge in [-0.1, -0.05) is 30.3 Å². The summed E-state index contributed by atoms with van der Waals surface area (Å²) >= 11 is 0. The number of hydrogen-bond acceptors (Lipinski definition) is 3. The van der Waals surface area contributed by atoms with Crippen LogP contribution in [0, 0.1) is 5.82 Å². The van der Waals surface area contributed by atoms with Gasteiger partial charge in [-0.2, -0.15) is 0 Å². The fourth-order valence-electron chi connectivity index (χ4n) is 2.04. The zero-order valence-corrected chi connectivity index (χ0v) is 13.4. The van der Waals surface area contributed by atoms with E-state index in [2.05, 4.69) is 10.0 Å². The molecule has 2 rings (SSSR count). The van der Waals surface area contributed by atoms with E-state index in [4.69, 9.17) is 0 Å². The van der Waals surface area contributed by atoms with Gasteiger partial charge >= 0.3 is 0 Å². The summed E-state index contributed by atoms with van der Waals surface area (Å²) < 4.78 is 38.4. The molecule has 0 aromatic heterocycles. The highest BCUT2D eigenvalue weighted by Crippen LogP contribution is 2.09. The van der Waals surface area contributed by atoms with Gasteiger partial charge in [-0.3, -0.25) is 4.79 Å². The third kappa shape index (κ3) is 5.15. The van der Waals surface area contributed by atoms with Gasteiger partial charge in [0.05, 0.1) is 5.75 Å². The third-order valence-electron chi connectivity index (χ3n) is 3.20. The van der Waals surface area contributed by atoms with E-state index >= 15 is 0 Å². The van der Waals surface area contributed by atoms with E-state index in [1.807, 2.05) is 0 Å². The van der Waals surface area contributed by atoms with Crippen LogP contribution >= 0.6 is 0 Å². The molecule has 5 nitrogen and oxygen atoms in total. The Hall–Kier alpha value is -2.25. The first-order valence-electron chi connectivity index (χ1n) is 6.92. The summed E-state index contributed by atoms with van der Waals surface area (Å²) in [5.74, 6) is -0.996. The zero-order valence-electron chi connectivity index (χ0n) is 12.5. The van der Waals surface area contributed by atoms with Gasteiger partial charge in [0.1, 0.15) is 5.82 Å². The van der Waals surface area contributed by atoms with E-state index in [1.165, 1.54) is 25.2 Å². The van der Waals surface area contributed by atoms with Gasteiger partial charge in [0, 0.05) is 12.1 Å². The number of benzene rings is 2. The highest BCUT2D eigenvalue weighted by Gasteiger charge is 2.10. The minimum absolute atomic E-state index is 0.130. The van der Waals surface area contributed by atoms with Gasteiger partial charge in [-0.05, 0) is 36.4 Å². The smallest absolute Gasteiger partial charge is 0.251 e. The number of hydrogen-bond donors (Lipinski definition) is 2. The molecule has 0 aliphatic carbocycles. The highest BCUT2D eigenvalue weighted by molar-refractivity contribution is 7.88. The molecule has 0 heterocycles. The monoisotopic (exact) mass is 336 g/mol. The van der Waals surface area contributed by atoms with Crippen molar-refractivity contribution in [2.24, 2.45) is 0 Å². The van der Waals surface area contributed by atoms with E-state index in [0.29, 0.717) is 5.56 Å². The minimum atomic E-state index is -3.35. The maximum atomic E-state index is 13.1. The molecule has 0 saturated heterocycles. The molecule has 122 valence electrons. The number of rotatable bonds is 6. The molecule has 0 aliphatic rings. The van der Waals surface area contributed by atoms with Crippen LogP contribution in [0.1, 0.15) is 21.5 Å². The Kier molecular flexibility index (Phi) is 5.46. The van der Waals surface area contributed by atoms with Crippen molar-refractivity contribution in [1.82, 2.24) is 10.0 Å². The van der Waals surface area contributed by atoms with E-state index in [0.717, 1.165) is 11.6 Å². The Labute approximate surface area is 134 Å². The van der Waals surface area contributed by atoms with Crippen LogP contribution in [0.25, 0.3) is 0 Å². The number of nitrogens with one attached hydrogen (secondary N) is 2. The van der Waals surface area contributed by atoms with Gasteiger partial charge in [0.15, 0.2) is 0 Å². The largest absolute Gasteiger partial charge is 0.348 e. The number of amides is 1. The van der Waals surface area contributed by atoms with Crippen LogP contribution in [0.15, 0.2) is 48.5 Å². The average Bonchev–Trinajstić information content (AvgIpc) is 2.52. The van der Waals surface area contributed by atoms with Gasteiger partial charge < -0.3 is 5.32 Å². The molecule has 2 aromatic rings. The van der Waals surface area contributed by atoms with Crippen molar-refractivity contribution in [1.29, 1.82) is 0 Å². The molecule has 0 atom stereocenters. The molecular formula is C16H17FN2O3S. The first-order chi connectivity index (χ1) is 10.9. The van der Waals surface area contributed by atoms with Crippen molar-refractivity contribution in [3.8, 4) is 0 Å². The maximum Gasteiger partial charge on any atom is 0.251 e. The lowest BCUT2D eigenvalue weighted by atomic mass is 10.1. The number of carbonyl (C=O) groups is 1. The lowest BCUT2D eigenvalue weighted by molar-refractivity contribution is 0.0950. The Bertz CT molecular complexity index is 806. The molecule has 0 spiro atoms. The van der Waals surface area contributed by atoms with Crippen LogP contribution < -0.4 is 10.0 Å². The van der Waals surface area contributed by atoms with Gasteiger partial charge in [0.2, 0.25) is 10.0 Å². The Morgan fingerprint density at radius 2 is 1.78 bits per heavy atom. The first kappa shape index (κ1) is 17.1. The minimum Gasteiger partial charge on any atom is -0.348 e. The van der Waals surface area contributed by atoms with Crippen LogP contribution in [0.3, 0.4) is 0 Å². The number of sulfonamides is 1. The molecular weight excluding hydrogens is 319 g/mol. The molecule has 0 radical (unpaired) electrons. The van der Waals surface area contributed by atoms with Crippen LogP contribution in [0.5, 0.6) is 0 Å². The molecule has 0 aliphatic heterocycles. The summed E-state index contributed by atoms with van der Waals surface area (Å²) in [5.41, 5.74) is 1.62. The standard InChI is InChI=1S/C16H17FN2O3S/c1-18-23(21,22)11-13-5-2-4-12(8-13)10-19-16(20)14-6-3-7-15(17)9-14/h2-9,18H,10-11H2,1H3,(H,19,20). The SMILES string of the molecule is CNS(=O)(=O)Cc1cccc(CNC(=O)c2cccc(F)c2)c1. The summed E-state index contributed by atoms with van der Waals surface area (Å²) in [6.45, 7) is 0.225. The summed E-state index contributed by atoms with van der Waals surface area (Å²) in [5, 5.41) is 2.68. The molecule has 0 saturated carbocycles. The third-order valence-corrected chi connectivity index (χ3v) is 4.53. The molecule has 0 unspecified atom stereocenters. The average molecular weight is 336 g/mol. The Balaban J connectivity index is 2.02. The van der Waals surface area contributed by atoms with Crippen LogP contribution in [0.2, 0.25) is 0 Å². The van der Waals surface area contributed by atoms with E-state index < -0.39 is 21.7 Å². The summed E-state index contributed by atoms with van der Waals surface area (Å²) in [7, 11) is -1.99. The van der Waals surface area contributed by atoms with Crippen LogP contribution in [-0.2, 0) is 22.3 Å². The topological polar surface area (TPSA) is 75.3 Å². The second-order valence-electron chi connectivity index (χ2n) is 4.98. The fourth-order valence-corrected chi connectivity index (χ4v) is 2.80. The van der Waals surface area contributed by atoms with Crippen molar-refractivity contribution >= 4 is 15.9 Å². The summed E-state index contributed by atoms with van der Waals surface area (Å²) in [4.78, 5) is 11.9. The summed E-state index contributed by atoms with van der Waals surface area (Å²) in [6.07, 6.45) is 0. The lowest BCUT2D eigenvalue weighted by Gasteiger charge is -2.08. The lowest BCUT2D eigenvalue weighted by Crippen LogP contribution is -2.23. The molecule has 2 N–H and O–H groups in total. The second kappa shape index (κ2) is 7.34. The second-order valence-corrected chi connectivity index (χ2v) is 6.90. The molecule has 1 amide bonds. The molecule has 23 heavy (non-hydrogen) atoms. The van der Waals surface area contributed by atoms with Crippen molar-refractivity contribution in [3.63, 3.8) is 0 Å². The molecule has 0 fully saturated rings. The zero-order chi connectivity index (χ0) is 16.9. The van der Waals surface area contributed by atoms with Gasteiger partial charge in [-0.25, -0.2) is 17.5 Å². The van der Waals surface area contributed by atoms with Crippen molar-refractivity contribution in [2.75, 3.05) is 7.05 Å².